The molecule has 2 unspecified atom stereocenters. The van der Waals surface area contributed by atoms with Crippen LogP contribution in [0, 0.1) is 0 Å². The zero-order chi connectivity index (χ0) is 12.4. The molecule has 0 bridgehead atoms. The summed E-state index contributed by atoms with van der Waals surface area (Å²) >= 11 is 6.14. The average Bonchev–Trinajstić information content (AvgIpc) is 2.67. The van der Waals surface area contributed by atoms with E-state index in [-0.39, 0.29) is 18.2 Å². The number of halogens is 1. The molecule has 0 amide bonds. The molecule has 0 aliphatic heterocycles. The Morgan fingerprint density at radius 2 is 2.24 bits per heavy atom. The predicted molar refractivity (Wildman–Crippen MR) is 68.3 cm³/mol. The fourth-order valence-corrected chi connectivity index (χ4v) is 2.34. The van der Waals surface area contributed by atoms with Crippen molar-refractivity contribution in [2.24, 2.45) is 5.73 Å². The molecule has 0 radical (unpaired) electrons. The number of hydrogen-bond donors (Lipinski definition) is 2. The lowest BCUT2D eigenvalue weighted by molar-refractivity contribution is 0.0604. The van der Waals surface area contributed by atoms with Crippen LogP contribution in [0.1, 0.15) is 37.8 Å². The lowest BCUT2D eigenvalue weighted by atomic mass is 10.1. The average molecular weight is 256 g/mol. The van der Waals surface area contributed by atoms with E-state index in [0.29, 0.717) is 10.8 Å². The van der Waals surface area contributed by atoms with Crippen molar-refractivity contribution in [3.8, 4) is 5.75 Å². The molecule has 2 rings (SSSR count). The van der Waals surface area contributed by atoms with Crippen molar-refractivity contribution in [2.75, 3.05) is 0 Å². The maximum Gasteiger partial charge on any atom is 0.138 e. The minimum absolute atomic E-state index is 0.0429. The molecule has 3 atom stereocenters. The number of ether oxygens (including phenoxy) is 1. The third-order valence-electron chi connectivity index (χ3n) is 3.18. The second kappa shape index (κ2) is 5.25. The van der Waals surface area contributed by atoms with Crippen LogP contribution in [-0.2, 0) is 0 Å². The molecule has 1 aliphatic rings. The van der Waals surface area contributed by atoms with E-state index in [1.807, 2.05) is 25.1 Å². The Hall–Kier alpha value is -0.770. The largest absolute Gasteiger partial charge is 0.486 e. The van der Waals surface area contributed by atoms with Crippen LogP contribution in [-0.4, -0.2) is 17.3 Å². The maximum absolute atomic E-state index is 9.70. The van der Waals surface area contributed by atoms with E-state index in [2.05, 4.69) is 0 Å². The lowest BCUT2D eigenvalue weighted by Crippen LogP contribution is -2.25. The Labute approximate surface area is 107 Å². The van der Waals surface area contributed by atoms with Gasteiger partial charge in [0, 0.05) is 6.04 Å². The zero-order valence-electron chi connectivity index (χ0n) is 9.90. The van der Waals surface area contributed by atoms with E-state index in [4.69, 9.17) is 22.1 Å². The molecule has 4 heteroatoms. The Kier molecular flexibility index (Phi) is 3.92. The van der Waals surface area contributed by atoms with Gasteiger partial charge in [0.2, 0.25) is 0 Å². The summed E-state index contributed by atoms with van der Waals surface area (Å²) in [6.07, 6.45) is 2.18. The van der Waals surface area contributed by atoms with Gasteiger partial charge in [-0.15, -0.1) is 0 Å². The van der Waals surface area contributed by atoms with Gasteiger partial charge in [0.05, 0.1) is 11.1 Å². The van der Waals surface area contributed by atoms with Crippen LogP contribution in [0.4, 0.5) is 0 Å². The Morgan fingerprint density at radius 1 is 1.47 bits per heavy atom. The molecule has 17 heavy (non-hydrogen) atoms. The summed E-state index contributed by atoms with van der Waals surface area (Å²) in [5, 5.41) is 10.3. The highest BCUT2D eigenvalue weighted by molar-refractivity contribution is 6.32. The third-order valence-corrected chi connectivity index (χ3v) is 3.47. The van der Waals surface area contributed by atoms with Crippen molar-refractivity contribution < 1.29 is 9.84 Å². The topological polar surface area (TPSA) is 55.5 Å². The standard InChI is InChI=1S/C13H18ClNO2/c1-8(15)9-5-6-12(10(14)7-9)17-13-4-2-3-11(13)16/h5-8,11,13,16H,2-4,15H2,1H3/t8-,11?,13?/m0/s1. The van der Waals surface area contributed by atoms with E-state index < -0.39 is 0 Å². The van der Waals surface area contributed by atoms with Gasteiger partial charge in [-0.2, -0.15) is 0 Å². The summed E-state index contributed by atoms with van der Waals surface area (Å²) in [4.78, 5) is 0. The van der Waals surface area contributed by atoms with Crippen LogP contribution in [0.15, 0.2) is 18.2 Å². The van der Waals surface area contributed by atoms with Crippen molar-refractivity contribution in [3.05, 3.63) is 28.8 Å². The first kappa shape index (κ1) is 12.7. The minimum atomic E-state index is -0.376. The van der Waals surface area contributed by atoms with Crippen LogP contribution in [0.3, 0.4) is 0 Å². The molecule has 0 spiro atoms. The molecule has 3 N–H and O–H groups in total. The fraction of sp³-hybridized carbons (Fsp3) is 0.538. The van der Waals surface area contributed by atoms with E-state index in [9.17, 15) is 5.11 Å². The van der Waals surface area contributed by atoms with Crippen molar-refractivity contribution >= 4 is 11.6 Å². The minimum Gasteiger partial charge on any atom is -0.486 e. The Bertz CT molecular complexity index is 395. The van der Waals surface area contributed by atoms with E-state index in [1.165, 1.54) is 0 Å². The number of benzene rings is 1. The second-order valence-electron chi connectivity index (χ2n) is 4.63. The quantitative estimate of drug-likeness (QED) is 0.873. The number of rotatable bonds is 3. The molecule has 0 aromatic heterocycles. The normalized spacial score (nSPS) is 25.9. The van der Waals surface area contributed by atoms with Gasteiger partial charge in [0.25, 0.3) is 0 Å². The molecule has 1 saturated carbocycles. The van der Waals surface area contributed by atoms with Crippen LogP contribution in [0.5, 0.6) is 5.75 Å². The fourth-order valence-electron chi connectivity index (χ4n) is 2.10. The maximum atomic E-state index is 9.70. The lowest BCUT2D eigenvalue weighted by Gasteiger charge is -2.18. The SMILES string of the molecule is C[C@H](N)c1ccc(OC2CCCC2O)c(Cl)c1. The van der Waals surface area contributed by atoms with E-state index in [0.717, 1.165) is 24.8 Å². The van der Waals surface area contributed by atoms with E-state index >= 15 is 0 Å². The van der Waals surface area contributed by atoms with E-state index in [1.54, 1.807) is 0 Å². The van der Waals surface area contributed by atoms with Crippen LogP contribution in [0.25, 0.3) is 0 Å². The summed E-state index contributed by atoms with van der Waals surface area (Å²) in [5.74, 6) is 0.627. The first-order chi connectivity index (χ1) is 8.08. The number of hydrogen-bond acceptors (Lipinski definition) is 3. The first-order valence-corrected chi connectivity index (χ1v) is 6.35. The molecule has 1 fully saturated rings. The summed E-state index contributed by atoms with van der Waals surface area (Å²) in [5.41, 5.74) is 6.76. The van der Waals surface area contributed by atoms with Crippen LogP contribution < -0.4 is 10.5 Å². The first-order valence-electron chi connectivity index (χ1n) is 5.97. The van der Waals surface area contributed by atoms with Gasteiger partial charge in [-0.1, -0.05) is 17.7 Å². The zero-order valence-corrected chi connectivity index (χ0v) is 10.7. The number of nitrogens with two attached hydrogens (primary N) is 1. The van der Waals surface area contributed by atoms with Crippen molar-refractivity contribution in [1.29, 1.82) is 0 Å². The molecule has 0 heterocycles. The van der Waals surface area contributed by atoms with Crippen LogP contribution in [0.2, 0.25) is 5.02 Å². The summed E-state index contributed by atoms with van der Waals surface area (Å²) in [6.45, 7) is 1.91. The van der Waals surface area contributed by atoms with Crippen LogP contribution >= 0.6 is 11.6 Å². The second-order valence-corrected chi connectivity index (χ2v) is 5.04. The summed E-state index contributed by atoms with van der Waals surface area (Å²) in [7, 11) is 0. The molecule has 0 saturated heterocycles. The van der Waals surface area contributed by atoms with Crippen molar-refractivity contribution in [3.63, 3.8) is 0 Å². The Balaban J connectivity index is 2.11. The Morgan fingerprint density at radius 3 is 2.76 bits per heavy atom. The van der Waals surface area contributed by atoms with Crippen molar-refractivity contribution in [2.45, 2.75) is 44.4 Å². The molecular weight excluding hydrogens is 238 g/mol. The summed E-state index contributed by atoms with van der Waals surface area (Å²) in [6, 6.07) is 5.51. The van der Waals surface area contributed by atoms with Gasteiger partial charge in [-0.3, -0.25) is 0 Å². The van der Waals surface area contributed by atoms with Gasteiger partial charge >= 0.3 is 0 Å². The molecule has 1 aromatic carbocycles. The highest BCUT2D eigenvalue weighted by atomic mass is 35.5. The number of aliphatic hydroxyl groups excluding tert-OH is 1. The monoisotopic (exact) mass is 255 g/mol. The highest BCUT2D eigenvalue weighted by Gasteiger charge is 2.27. The summed E-state index contributed by atoms with van der Waals surface area (Å²) < 4.78 is 5.73. The van der Waals surface area contributed by atoms with Gasteiger partial charge in [-0.05, 0) is 43.9 Å². The predicted octanol–water partition coefficient (Wildman–Crippen LogP) is 2.65. The molecule has 94 valence electrons. The smallest absolute Gasteiger partial charge is 0.138 e. The molecular formula is C13H18ClNO2. The van der Waals surface area contributed by atoms with Crippen molar-refractivity contribution in [1.82, 2.24) is 0 Å². The third kappa shape index (κ3) is 2.92. The molecule has 3 nitrogen and oxygen atoms in total. The highest BCUT2D eigenvalue weighted by Crippen LogP contribution is 2.31. The molecule has 1 aliphatic carbocycles. The van der Waals surface area contributed by atoms with Gasteiger partial charge in [0.15, 0.2) is 0 Å². The van der Waals surface area contributed by atoms with Gasteiger partial charge < -0.3 is 15.6 Å². The van der Waals surface area contributed by atoms with Gasteiger partial charge in [-0.25, -0.2) is 0 Å². The number of aliphatic hydroxyl groups is 1. The van der Waals surface area contributed by atoms with Gasteiger partial charge in [0.1, 0.15) is 11.9 Å². The molecule has 1 aromatic rings.